The molecule has 1 atom stereocenters. The van der Waals surface area contributed by atoms with Gasteiger partial charge < -0.3 is 10.4 Å². The second kappa shape index (κ2) is 5.01. The molecule has 2 aromatic rings. The second-order valence-corrected chi connectivity index (χ2v) is 4.98. The summed E-state index contributed by atoms with van der Waals surface area (Å²) in [7, 11) is 0. The average Bonchev–Trinajstić information content (AvgIpc) is 2.68. The van der Waals surface area contributed by atoms with E-state index in [1.165, 1.54) is 6.07 Å². The summed E-state index contributed by atoms with van der Waals surface area (Å²) in [5.74, 6) is 0.00549. The van der Waals surface area contributed by atoms with Gasteiger partial charge in [-0.25, -0.2) is 4.98 Å². The number of nitrogens with one attached hydrogen (secondary N) is 1. The minimum Gasteiger partial charge on any atom is -0.507 e. The van der Waals surface area contributed by atoms with E-state index in [9.17, 15) is 9.90 Å². The fraction of sp³-hybridized carbons (Fsp3) is 0.429. The van der Waals surface area contributed by atoms with Gasteiger partial charge in [0.15, 0.2) is 0 Å². The number of benzene rings is 1. The monoisotopic (exact) mass is 259 g/mol. The SMILES string of the molecule is O=c1c2c(O)cccc2ncn1C1CCCCNC1. The molecule has 2 N–H and O–H groups in total. The molecule has 0 bridgehead atoms. The molecule has 5 nitrogen and oxygen atoms in total. The fourth-order valence-corrected chi connectivity index (χ4v) is 2.66. The Morgan fingerprint density at radius 2 is 2.26 bits per heavy atom. The quantitative estimate of drug-likeness (QED) is 0.812. The molecule has 1 saturated heterocycles. The van der Waals surface area contributed by atoms with Crippen molar-refractivity contribution < 1.29 is 5.11 Å². The zero-order chi connectivity index (χ0) is 13.2. The zero-order valence-corrected chi connectivity index (χ0v) is 10.7. The molecule has 0 amide bonds. The standard InChI is InChI=1S/C14H17N3O2/c18-12-6-3-5-11-13(12)14(19)17(9-16-11)10-4-1-2-7-15-8-10/h3,5-6,9-10,15,18H,1-2,4,7-8H2. The maximum atomic E-state index is 12.5. The summed E-state index contributed by atoms with van der Waals surface area (Å²) in [5, 5.41) is 13.5. The van der Waals surface area contributed by atoms with Gasteiger partial charge in [0.05, 0.1) is 17.9 Å². The highest BCUT2D eigenvalue weighted by molar-refractivity contribution is 5.83. The molecule has 3 rings (SSSR count). The third kappa shape index (κ3) is 2.21. The minimum absolute atomic E-state index is 0.00549. The summed E-state index contributed by atoms with van der Waals surface area (Å²) >= 11 is 0. The Hall–Kier alpha value is -1.88. The molecule has 100 valence electrons. The second-order valence-electron chi connectivity index (χ2n) is 4.98. The van der Waals surface area contributed by atoms with Crippen molar-refractivity contribution in [2.24, 2.45) is 0 Å². The summed E-state index contributed by atoms with van der Waals surface area (Å²) in [6.45, 7) is 1.78. The topological polar surface area (TPSA) is 67.1 Å². The van der Waals surface area contributed by atoms with E-state index in [-0.39, 0.29) is 17.4 Å². The van der Waals surface area contributed by atoms with Gasteiger partial charge in [0.1, 0.15) is 11.1 Å². The number of rotatable bonds is 1. The van der Waals surface area contributed by atoms with Crippen LogP contribution in [0, 0.1) is 0 Å². The molecule has 1 aliphatic rings. The first-order valence-electron chi connectivity index (χ1n) is 6.67. The molecule has 5 heteroatoms. The number of aromatic nitrogens is 2. The number of phenolic OH excluding ortho intramolecular Hbond substituents is 1. The van der Waals surface area contributed by atoms with Gasteiger partial charge in [0.2, 0.25) is 0 Å². The molecule has 1 aliphatic heterocycles. The number of aromatic hydroxyl groups is 1. The van der Waals surface area contributed by atoms with Gasteiger partial charge in [0, 0.05) is 6.54 Å². The first-order chi connectivity index (χ1) is 9.27. The highest BCUT2D eigenvalue weighted by Gasteiger charge is 2.17. The molecule has 0 spiro atoms. The maximum absolute atomic E-state index is 12.5. The maximum Gasteiger partial charge on any atom is 0.265 e. The van der Waals surface area contributed by atoms with Gasteiger partial charge in [-0.3, -0.25) is 9.36 Å². The largest absolute Gasteiger partial charge is 0.507 e. The molecular formula is C14H17N3O2. The predicted molar refractivity (Wildman–Crippen MR) is 73.4 cm³/mol. The van der Waals surface area contributed by atoms with Crippen LogP contribution in [0.3, 0.4) is 0 Å². The van der Waals surface area contributed by atoms with E-state index in [1.54, 1.807) is 23.0 Å². The summed E-state index contributed by atoms with van der Waals surface area (Å²) in [5.41, 5.74) is 0.389. The number of hydrogen-bond acceptors (Lipinski definition) is 4. The minimum atomic E-state index is -0.156. The fourth-order valence-electron chi connectivity index (χ4n) is 2.66. The van der Waals surface area contributed by atoms with Gasteiger partial charge in [-0.05, 0) is 31.5 Å². The van der Waals surface area contributed by atoms with Gasteiger partial charge in [-0.2, -0.15) is 0 Å². The van der Waals surface area contributed by atoms with Crippen LogP contribution < -0.4 is 10.9 Å². The molecule has 19 heavy (non-hydrogen) atoms. The van der Waals surface area contributed by atoms with Crippen LogP contribution in [0.25, 0.3) is 10.9 Å². The molecule has 0 saturated carbocycles. The van der Waals surface area contributed by atoms with Gasteiger partial charge in [0.25, 0.3) is 5.56 Å². The summed E-state index contributed by atoms with van der Waals surface area (Å²) in [6, 6.07) is 5.08. The van der Waals surface area contributed by atoms with Crippen molar-refractivity contribution in [1.29, 1.82) is 0 Å². The Labute approximate surface area is 110 Å². The molecule has 1 fully saturated rings. The van der Waals surface area contributed by atoms with Crippen molar-refractivity contribution in [1.82, 2.24) is 14.9 Å². The lowest BCUT2D eigenvalue weighted by Gasteiger charge is -2.17. The van der Waals surface area contributed by atoms with E-state index in [0.717, 1.165) is 32.4 Å². The van der Waals surface area contributed by atoms with Crippen molar-refractivity contribution in [3.8, 4) is 5.75 Å². The number of hydrogen-bond donors (Lipinski definition) is 2. The lowest BCUT2D eigenvalue weighted by atomic mass is 10.1. The van der Waals surface area contributed by atoms with Crippen LogP contribution in [0.15, 0.2) is 29.3 Å². The van der Waals surface area contributed by atoms with Crippen LogP contribution in [0.5, 0.6) is 5.75 Å². The number of nitrogens with zero attached hydrogens (tertiary/aromatic N) is 2. The lowest BCUT2D eigenvalue weighted by molar-refractivity contribution is 0.444. The Bertz CT molecular complexity index is 643. The normalized spacial score (nSPS) is 20.3. The van der Waals surface area contributed by atoms with Crippen LogP contribution in [0.1, 0.15) is 25.3 Å². The van der Waals surface area contributed by atoms with E-state index in [0.29, 0.717) is 10.9 Å². The van der Waals surface area contributed by atoms with Crippen molar-refractivity contribution in [3.63, 3.8) is 0 Å². The van der Waals surface area contributed by atoms with Crippen LogP contribution in [-0.4, -0.2) is 27.7 Å². The summed E-state index contributed by atoms with van der Waals surface area (Å²) < 4.78 is 1.65. The molecule has 1 unspecified atom stereocenters. The highest BCUT2D eigenvalue weighted by atomic mass is 16.3. The molecule has 0 radical (unpaired) electrons. The molecule has 1 aromatic carbocycles. The number of fused-ring (bicyclic) bond motifs is 1. The van der Waals surface area contributed by atoms with Gasteiger partial charge in [-0.1, -0.05) is 12.5 Å². The first kappa shape index (κ1) is 12.2. The molecule has 1 aromatic heterocycles. The Kier molecular flexibility index (Phi) is 3.21. The van der Waals surface area contributed by atoms with Gasteiger partial charge in [-0.15, -0.1) is 0 Å². The number of phenols is 1. The van der Waals surface area contributed by atoms with E-state index in [1.807, 2.05) is 0 Å². The van der Waals surface area contributed by atoms with E-state index >= 15 is 0 Å². The highest BCUT2D eigenvalue weighted by Crippen LogP contribution is 2.21. The average molecular weight is 259 g/mol. The summed E-state index contributed by atoms with van der Waals surface area (Å²) in [4.78, 5) is 16.8. The van der Waals surface area contributed by atoms with Gasteiger partial charge >= 0.3 is 0 Å². The first-order valence-corrected chi connectivity index (χ1v) is 6.67. The Morgan fingerprint density at radius 3 is 3.16 bits per heavy atom. The van der Waals surface area contributed by atoms with Crippen molar-refractivity contribution in [3.05, 3.63) is 34.9 Å². The smallest absolute Gasteiger partial charge is 0.265 e. The predicted octanol–water partition coefficient (Wildman–Crippen LogP) is 1.42. The van der Waals surface area contributed by atoms with Crippen molar-refractivity contribution in [2.75, 3.05) is 13.1 Å². The van der Waals surface area contributed by atoms with Crippen LogP contribution >= 0.6 is 0 Å². The van der Waals surface area contributed by atoms with E-state index in [4.69, 9.17) is 0 Å². The molecular weight excluding hydrogens is 242 g/mol. The Balaban J connectivity index is 2.11. The lowest BCUT2D eigenvalue weighted by Crippen LogP contribution is -2.31. The molecule has 0 aliphatic carbocycles. The van der Waals surface area contributed by atoms with Crippen molar-refractivity contribution in [2.45, 2.75) is 25.3 Å². The summed E-state index contributed by atoms with van der Waals surface area (Å²) in [6.07, 6.45) is 4.80. The van der Waals surface area contributed by atoms with E-state index < -0.39 is 0 Å². The third-order valence-electron chi connectivity index (χ3n) is 3.70. The zero-order valence-electron chi connectivity index (χ0n) is 10.7. The van der Waals surface area contributed by atoms with Crippen LogP contribution in [0.4, 0.5) is 0 Å². The molecule has 2 heterocycles. The Morgan fingerprint density at radius 1 is 1.37 bits per heavy atom. The van der Waals surface area contributed by atoms with Crippen LogP contribution in [-0.2, 0) is 0 Å². The third-order valence-corrected chi connectivity index (χ3v) is 3.70. The van der Waals surface area contributed by atoms with E-state index in [2.05, 4.69) is 10.3 Å². The van der Waals surface area contributed by atoms with Crippen LogP contribution in [0.2, 0.25) is 0 Å². The van der Waals surface area contributed by atoms with Crippen molar-refractivity contribution >= 4 is 10.9 Å².